The maximum atomic E-state index is 6.19. The van der Waals surface area contributed by atoms with Crippen molar-refractivity contribution < 1.29 is 9.26 Å². The Morgan fingerprint density at radius 2 is 2.06 bits per heavy atom. The molecule has 0 aromatic carbocycles. The third-order valence-electron chi connectivity index (χ3n) is 3.03. The Bertz CT molecular complexity index is 590. The van der Waals surface area contributed by atoms with Gasteiger partial charge in [0, 0.05) is 12.0 Å². The van der Waals surface area contributed by atoms with Gasteiger partial charge in [0.1, 0.15) is 10.9 Å². The lowest BCUT2D eigenvalue weighted by molar-refractivity contribution is 0.109. The molecule has 1 aliphatic heterocycles. The number of nitrogens with zero attached hydrogens (tertiary/aromatic N) is 3. The summed E-state index contributed by atoms with van der Waals surface area (Å²) < 4.78 is 10.5. The molecule has 94 valence electrons. The molecule has 5 nitrogen and oxygen atoms in total. The van der Waals surface area contributed by atoms with Crippen molar-refractivity contribution in [2.45, 2.75) is 26.9 Å². The zero-order valence-electron chi connectivity index (χ0n) is 10.2. The molecule has 0 bridgehead atoms. The number of hydrogen-bond acceptors (Lipinski definition) is 5. The smallest absolute Gasteiger partial charge is 0.166 e. The molecule has 0 unspecified atom stereocenters. The van der Waals surface area contributed by atoms with Crippen LogP contribution in [0.2, 0.25) is 5.15 Å². The first-order valence-corrected chi connectivity index (χ1v) is 6.11. The molecule has 0 N–H and O–H groups in total. The van der Waals surface area contributed by atoms with E-state index < -0.39 is 0 Å². The lowest BCUT2D eigenvalue weighted by Crippen LogP contribution is -2.14. The zero-order valence-corrected chi connectivity index (χ0v) is 10.9. The van der Waals surface area contributed by atoms with Crippen molar-refractivity contribution in [3.05, 3.63) is 27.9 Å². The molecule has 0 atom stereocenters. The first-order chi connectivity index (χ1) is 8.66. The second-order valence-corrected chi connectivity index (χ2v) is 4.62. The summed E-state index contributed by atoms with van der Waals surface area (Å²) in [6.07, 6.45) is 0.758. The van der Waals surface area contributed by atoms with Gasteiger partial charge in [0.15, 0.2) is 5.82 Å². The average Bonchev–Trinajstić information content (AvgIpc) is 2.69. The van der Waals surface area contributed by atoms with Crippen LogP contribution in [0.1, 0.15) is 22.7 Å². The van der Waals surface area contributed by atoms with Crippen molar-refractivity contribution in [3.8, 4) is 11.4 Å². The summed E-state index contributed by atoms with van der Waals surface area (Å²) in [7, 11) is 0. The van der Waals surface area contributed by atoms with E-state index in [1.54, 1.807) is 0 Å². The quantitative estimate of drug-likeness (QED) is 0.741. The highest BCUT2D eigenvalue weighted by molar-refractivity contribution is 6.30. The van der Waals surface area contributed by atoms with Crippen LogP contribution in [0.3, 0.4) is 0 Å². The normalized spacial score (nSPS) is 14.6. The fourth-order valence-corrected chi connectivity index (χ4v) is 2.35. The van der Waals surface area contributed by atoms with Gasteiger partial charge >= 0.3 is 0 Å². The van der Waals surface area contributed by atoms with E-state index in [0.29, 0.717) is 30.0 Å². The minimum atomic E-state index is 0.453. The highest BCUT2D eigenvalue weighted by atomic mass is 35.5. The molecule has 0 amide bonds. The largest absolute Gasteiger partial charge is 0.376 e. The van der Waals surface area contributed by atoms with E-state index in [9.17, 15) is 0 Å². The summed E-state index contributed by atoms with van der Waals surface area (Å²) in [6.45, 7) is 4.86. The molecule has 0 saturated heterocycles. The zero-order chi connectivity index (χ0) is 12.7. The first kappa shape index (κ1) is 11.6. The number of fused-ring (bicyclic) bond motifs is 1. The van der Waals surface area contributed by atoms with Crippen molar-refractivity contribution in [1.82, 2.24) is 15.1 Å². The van der Waals surface area contributed by atoms with Gasteiger partial charge < -0.3 is 9.26 Å². The van der Waals surface area contributed by atoms with E-state index in [1.165, 1.54) is 0 Å². The van der Waals surface area contributed by atoms with E-state index in [-0.39, 0.29) is 0 Å². The predicted molar refractivity (Wildman–Crippen MR) is 65.4 cm³/mol. The standard InChI is InChI=1S/C12H12ClN3O2/c1-6-10(7(2)18-16-6)12-14-9-3-4-17-5-8(9)11(13)15-12/h3-5H2,1-2H3. The minimum Gasteiger partial charge on any atom is -0.376 e. The summed E-state index contributed by atoms with van der Waals surface area (Å²) in [5, 5.41) is 4.36. The van der Waals surface area contributed by atoms with Crippen LogP contribution in [0.4, 0.5) is 0 Å². The van der Waals surface area contributed by atoms with Crippen LogP contribution in [0, 0.1) is 13.8 Å². The topological polar surface area (TPSA) is 61.0 Å². The number of rotatable bonds is 1. The Balaban J connectivity index is 2.17. The second-order valence-electron chi connectivity index (χ2n) is 4.27. The van der Waals surface area contributed by atoms with Crippen molar-refractivity contribution in [1.29, 1.82) is 0 Å². The van der Waals surface area contributed by atoms with E-state index >= 15 is 0 Å². The minimum absolute atomic E-state index is 0.453. The van der Waals surface area contributed by atoms with Crippen LogP contribution >= 0.6 is 11.6 Å². The van der Waals surface area contributed by atoms with Gasteiger partial charge in [0.2, 0.25) is 0 Å². The maximum absolute atomic E-state index is 6.19. The number of aromatic nitrogens is 3. The molecule has 2 aromatic heterocycles. The molecule has 3 rings (SSSR count). The Hall–Kier alpha value is -1.46. The lowest BCUT2D eigenvalue weighted by atomic mass is 10.1. The van der Waals surface area contributed by atoms with Crippen LogP contribution in [-0.4, -0.2) is 21.7 Å². The van der Waals surface area contributed by atoms with E-state index in [2.05, 4.69) is 15.1 Å². The molecular formula is C12H12ClN3O2. The van der Waals surface area contributed by atoms with E-state index in [1.807, 2.05) is 13.8 Å². The molecule has 0 radical (unpaired) electrons. The Kier molecular flexibility index (Phi) is 2.80. The number of hydrogen-bond donors (Lipinski definition) is 0. The molecule has 1 aliphatic rings. The Morgan fingerprint density at radius 1 is 1.22 bits per heavy atom. The Labute approximate surface area is 109 Å². The van der Waals surface area contributed by atoms with Crippen molar-refractivity contribution >= 4 is 11.6 Å². The highest BCUT2D eigenvalue weighted by Crippen LogP contribution is 2.29. The van der Waals surface area contributed by atoms with Gasteiger partial charge in [0.05, 0.1) is 30.2 Å². The van der Waals surface area contributed by atoms with Gasteiger partial charge in [-0.15, -0.1) is 0 Å². The van der Waals surface area contributed by atoms with Gasteiger partial charge in [-0.25, -0.2) is 9.97 Å². The van der Waals surface area contributed by atoms with Crippen LogP contribution in [0.15, 0.2) is 4.52 Å². The average molecular weight is 266 g/mol. The number of ether oxygens (including phenoxy) is 1. The molecule has 0 spiro atoms. The van der Waals surface area contributed by atoms with Gasteiger partial charge in [0.25, 0.3) is 0 Å². The van der Waals surface area contributed by atoms with Crippen LogP contribution in [-0.2, 0) is 17.8 Å². The van der Waals surface area contributed by atoms with Gasteiger partial charge in [-0.1, -0.05) is 16.8 Å². The highest BCUT2D eigenvalue weighted by Gasteiger charge is 2.21. The fraction of sp³-hybridized carbons (Fsp3) is 0.417. The van der Waals surface area contributed by atoms with E-state index in [4.69, 9.17) is 20.9 Å². The van der Waals surface area contributed by atoms with E-state index in [0.717, 1.165) is 28.9 Å². The monoisotopic (exact) mass is 265 g/mol. The molecular weight excluding hydrogens is 254 g/mol. The maximum Gasteiger partial charge on any atom is 0.166 e. The number of halogens is 1. The summed E-state index contributed by atoms with van der Waals surface area (Å²) in [4.78, 5) is 8.89. The van der Waals surface area contributed by atoms with Gasteiger partial charge in [-0.3, -0.25) is 0 Å². The fourth-order valence-electron chi connectivity index (χ4n) is 2.11. The molecule has 2 aromatic rings. The molecule has 0 aliphatic carbocycles. The summed E-state index contributed by atoms with van der Waals surface area (Å²) >= 11 is 6.19. The van der Waals surface area contributed by atoms with Crippen molar-refractivity contribution in [2.24, 2.45) is 0 Å². The van der Waals surface area contributed by atoms with Gasteiger partial charge in [-0.2, -0.15) is 0 Å². The lowest BCUT2D eigenvalue weighted by Gasteiger charge is -2.17. The molecule has 18 heavy (non-hydrogen) atoms. The predicted octanol–water partition coefficient (Wildman–Crippen LogP) is 2.47. The summed E-state index contributed by atoms with van der Waals surface area (Å²) in [5.74, 6) is 1.28. The second kappa shape index (κ2) is 4.33. The SMILES string of the molecule is Cc1noc(C)c1-c1nc(Cl)c2c(n1)CCOC2. The first-order valence-electron chi connectivity index (χ1n) is 5.73. The molecule has 3 heterocycles. The molecule has 0 saturated carbocycles. The van der Waals surface area contributed by atoms with Crippen LogP contribution in [0.5, 0.6) is 0 Å². The van der Waals surface area contributed by atoms with Gasteiger partial charge in [-0.05, 0) is 13.8 Å². The third-order valence-corrected chi connectivity index (χ3v) is 3.34. The van der Waals surface area contributed by atoms with Crippen molar-refractivity contribution in [2.75, 3.05) is 6.61 Å². The Morgan fingerprint density at radius 3 is 2.78 bits per heavy atom. The van der Waals surface area contributed by atoms with Crippen LogP contribution in [0.25, 0.3) is 11.4 Å². The number of aryl methyl sites for hydroxylation is 2. The third kappa shape index (κ3) is 1.79. The summed E-state index contributed by atoms with van der Waals surface area (Å²) in [6, 6.07) is 0. The molecule has 6 heteroatoms. The van der Waals surface area contributed by atoms with Crippen LogP contribution < -0.4 is 0 Å². The van der Waals surface area contributed by atoms with Crippen molar-refractivity contribution in [3.63, 3.8) is 0 Å². The summed E-state index contributed by atoms with van der Waals surface area (Å²) in [5.41, 5.74) is 3.44. The molecule has 0 fully saturated rings.